The standard InChI is InChI=1S/C86H63BN4OS/c1-85(2,3)54-39-45-74-66(47-54)67-48-55(86(4,5)6)40-46-75(67)89(74)57-50-78-80-79(51-57)93-84-69(44-42-65-64-33-22-38-76(82(64)92-83(65)84)90-72-36-19-15-29-62(72)63-30-16-20-37-73(63)90)87(80)68-43-41-56(88-70-34-17-13-27-60(70)61-28-14-18-35-71(61)88)49-77(68)91(78)81-58(52-23-9-7-10-24-52)31-21-32-59(81)53-25-11-8-12-26-53/h7-51H,1-6H3/i13D,14D,17D,18D,27D,28D,34D,35D. The molecule has 0 radical (unpaired) electrons. The van der Waals surface area contributed by atoms with Gasteiger partial charge >= 0.3 is 0 Å². The van der Waals surface area contributed by atoms with E-state index in [4.69, 9.17) is 7.16 Å². The summed E-state index contributed by atoms with van der Waals surface area (Å²) >= 11 is 1.74. The molecule has 0 unspecified atom stereocenters. The van der Waals surface area contributed by atoms with Crippen LogP contribution in [0, 0.1) is 0 Å². The van der Waals surface area contributed by atoms with Crippen LogP contribution in [0.3, 0.4) is 0 Å². The lowest BCUT2D eigenvalue weighted by atomic mass is 9.35. The SMILES string of the molecule is [2H]c1c([2H])c([2H])c2c(c1[2H])c1c([2H])c([2H])c([2H])c([2H])c1n2-c1ccc2c(c1)N(c1c(-c3ccccc3)cccc1-c1ccccc1)c1cc(-n3c4ccc(C(C)(C)C)cc4c4cc(C(C)(C)C)ccc43)cc3c1B2c1ccc2c(oc4c(-n5c6ccccc6c6ccccc65)cccc42)c1S3. The molecule has 19 rings (SSSR count). The Morgan fingerprint density at radius 3 is 1.51 bits per heavy atom. The first kappa shape index (κ1) is 46.4. The molecule has 7 heteroatoms. The molecule has 0 atom stereocenters. The lowest BCUT2D eigenvalue weighted by Gasteiger charge is -2.42. The number of para-hydroxylation sites is 6. The van der Waals surface area contributed by atoms with Crippen LogP contribution in [0.15, 0.2) is 287 Å². The predicted molar refractivity (Wildman–Crippen MR) is 395 cm³/mol. The van der Waals surface area contributed by atoms with E-state index >= 15 is 0 Å². The molecule has 6 heterocycles. The number of furan rings is 1. The van der Waals surface area contributed by atoms with Crippen LogP contribution in [0.1, 0.15) is 63.6 Å². The quantitative estimate of drug-likeness (QED) is 0.156. The van der Waals surface area contributed by atoms with Crippen molar-refractivity contribution in [3.63, 3.8) is 0 Å². The number of hydrogen-bond donors (Lipinski definition) is 0. The van der Waals surface area contributed by atoms with Crippen molar-refractivity contribution in [2.45, 2.75) is 62.2 Å². The summed E-state index contributed by atoms with van der Waals surface area (Å²) in [6.45, 7) is 13.2. The third-order valence-corrected chi connectivity index (χ3v) is 20.8. The second kappa shape index (κ2) is 19.9. The van der Waals surface area contributed by atoms with Crippen molar-refractivity contribution in [3.05, 3.63) is 284 Å². The summed E-state index contributed by atoms with van der Waals surface area (Å²) < 4.78 is 88.9. The Hall–Kier alpha value is -10.7. The van der Waals surface area contributed by atoms with Gasteiger partial charge in [0.1, 0.15) is 5.58 Å². The third kappa shape index (κ3) is 7.96. The number of hydrogen-bond acceptors (Lipinski definition) is 3. The molecule has 0 saturated carbocycles. The summed E-state index contributed by atoms with van der Waals surface area (Å²) in [5, 5.41) is 6.61. The van der Waals surface area contributed by atoms with E-state index in [9.17, 15) is 8.22 Å². The van der Waals surface area contributed by atoms with Gasteiger partial charge in [0.05, 0.1) is 60.3 Å². The van der Waals surface area contributed by atoms with Crippen molar-refractivity contribution in [1.82, 2.24) is 13.7 Å². The molecule has 442 valence electrons. The van der Waals surface area contributed by atoms with Crippen molar-refractivity contribution >= 4 is 139 Å². The van der Waals surface area contributed by atoms with Gasteiger partial charge < -0.3 is 23.0 Å². The van der Waals surface area contributed by atoms with Gasteiger partial charge in [-0.1, -0.05) is 253 Å². The molecule has 0 spiro atoms. The average Bonchev–Trinajstić information content (AvgIpc) is 1.66. The lowest BCUT2D eigenvalue weighted by Crippen LogP contribution is -2.60. The maximum Gasteiger partial charge on any atom is 0.249 e. The number of rotatable bonds is 6. The molecular weight excluding hydrogens is 1150 g/mol. The minimum absolute atomic E-state index is 0.0119. The predicted octanol–water partition coefficient (Wildman–Crippen LogP) is 21.6. The zero-order chi connectivity index (χ0) is 69.1. The Kier molecular flexibility index (Phi) is 9.91. The van der Waals surface area contributed by atoms with Gasteiger partial charge in [-0.3, -0.25) is 0 Å². The minimum atomic E-state index is -0.498. The summed E-state index contributed by atoms with van der Waals surface area (Å²) in [6.07, 6.45) is 0. The molecule has 0 fully saturated rings. The van der Waals surface area contributed by atoms with E-state index in [-0.39, 0.29) is 44.7 Å². The first-order valence-corrected chi connectivity index (χ1v) is 32.7. The van der Waals surface area contributed by atoms with Gasteiger partial charge in [-0.2, -0.15) is 0 Å². The normalized spacial score (nSPS) is 14.4. The van der Waals surface area contributed by atoms with Crippen LogP contribution >= 0.6 is 11.8 Å². The molecular formula is C86H63BN4OS. The van der Waals surface area contributed by atoms with E-state index in [1.807, 2.05) is 18.2 Å². The Bertz CT molecular complexity index is 6260. The topological polar surface area (TPSA) is 31.2 Å². The Labute approximate surface area is 555 Å². The second-order valence-electron chi connectivity index (χ2n) is 27.0. The van der Waals surface area contributed by atoms with Gasteiger partial charge in [0.15, 0.2) is 5.58 Å². The average molecular weight is 1220 g/mol. The minimum Gasteiger partial charge on any atom is -0.453 e. The highest BCUT2D eigenvalue weighted by Gasteiger charge is 2.44. The summed E-state index contributed by atoms with van der Waals surface area (Å²) in [6, 6.07) is 76.8. The number of benzene rings is 13. The van der Waals surface area contributed by atoms with Crippen molar-refractivity contribution in [2.75, 3.05) is 4.90 Å². The molecule has 0 N–H and O–H groups in total. The van der Waals surface area contributed by atoms with Crippen molar-refractivity contribution in [2.24, 2.45) is 0 Å². The summed E-state index contributed by atoms with van der Waals surface area (Å²) in [5.74, 6) is 0. The molecule has 93 heavy (non-hydrogen) atoms. The number of nitrogens with zero attached hydrogens (tertiary/aromatic N) is 4. The number of aromatic nitrogens is 3. The van der Waals surface area contributed by atoms with Crippen LogP contribution in [-0.2, 0) is 10.8 Å². The summed E-state index contributed by atoms with van der Waals surface area (Å²) in [7, 11) is 0. The fourth-order valence-electron chi connectivity index (χ4n) is 15.3. The van der Waals surface area contributed by atoms with E-state index in [1.165, 1.54) is 11.1 Å². The zero-order valence-electron chi connectivity index (χ0n) is 60.0. The highest BCUT2D eigenvalue weighted by molar-refractivity contribution is 8.00. The van der Waals surface area contributed by atoms with Gasteiger partial charge in [0.25, 0.3) is 0 Å². The maximum absolute atomic E-state index is 9.75. The highest BCUT2D eigenvalue weighted by Crippen LogP contribution is 2.52. The molecule has 5 nitrogen and oxygen atoms in total. The molecule has 13 aromatic carbocycles. The largest absolute Gasteiger partial charge is 0.453 e. The molecule has 0 aliphatic carbocycles. The van der Waals surface area contributed by atoms with Crippen LogP contribution in [-0.4, -0.2) is 20.4 Å². The van der Waals surface area contributed by atoms with E-state index in [0.717, 1.165) is 142 Å². The first-order chi connectivity index (χ1) is 48.7. The fraction of sp³-hybridized carbons (Fsp3) is 0.0930. The Morgan fingerprint density at radius 2 is 0.892 bits per heavy atom. The molecule has 0 amide bonds. The van der Waals surface area contributed by atoms with Crippen LogP contribution in [0.4, 0.5) is 17.1 Å². The van der Waals surface area contributed by atoms with Gasteiger partial charge in [-0.15, -0.1) is 0 Å². The molecule has 17 aromatic rings. The summed E-state index contributed by atoms with van der Waals surface area (Å²) in [5.41, 5.74) is 19.9. The molecule has 0 saturated heterocycles. The van der Waals surface area contributed by atoms with E-state index in [1.54, 1.807) is 16.3 Å². The van der Waals surface area contributed by atoms with Gasteiger partial charge in [-0.25, -0.2) is 0 Å². The third-order valence-electron chi connectivity index (χ3n) is 19.7. The first-order valence-electron chi connectivity index (χ1n) is 35.9. The molecule has 2 aliphatic heterocycles. The summed E-state index contributed by atoms with van der Waals surface area (Å²) in [4.78, 5) is 4.42. The van der Waals surface area contributed by atoms with E-state index in [2.05, 4.69) is 262 Å². The Balaban J connectivity index is 0.972. The van der Waals surface area contributed by atoms with Crippen LogP contribution in [0.2, 0.25) is 0 Å². The van der Waals surface area contributed by atoms with Crippen LogP contribution in [0.5, 0.6) is 0 Å². The fourth-order valence-corrected chi connectivity index (χ4v) is 16.6. The smallest absolute Gasteiger partial charge is 0.249 e. The monoisotopic (exact) mass is 1220 g/mol. The lowest BCUT2D eigenvalue weighted by molar-refractivity contribution is 0.590. The van der Waals surface area contributed by atoms with E-state index < -0.39 is 43.0 Å². The second-order valence-corrected chi connectivity index (χ2v) is 28.0. The van der Waals surface area contributed by atoms with Crippen LogP contribution in [0.25, 0.3) is 127 Å². The molecule has 2 aliphatic rings. The number of fused-ring (bicyclic) bond motifs is 17. The van der Waals surface area contributed by atoms with Crippen molar-refractivity contribution in [1.29, 1.82) is 0 Å². The Morgan fingerprint density at radius 1 is 0.376 bits per heavy atom. The zero-order valence-corrected chi connectivity index (χ0v) is 52.9. The van der Waals surface area contributed by atoms with Gasteiger partial charge in [0.2, 0.25) is 6.71 Å². The molecule has 0 bridgehead atoms. The number of anilines is 3. The van der Waals surface area contributed by atoms with E-state index in [0.29, 0.717) is 5.69 Å². The van der Waals surface area contributed by atoms with Gasteiger partial charge in [-0.05, 0) is 123 Å². The van der Waals surface area contributed by atoms with Crippen LogP contribution < -0.4 is 21.3 Å². The van der Waals surface area contributed by atoms with Crippen molar-refractivity contribution < 1.29 is 15.4 Å². The van der Waals surface area contributed by atoms with Crippen molar-refractivity contribution in [3.8, 4) is 39.3 Å². The maximum atomic E-state index is 9.75. The highest BCUT2D eigenvalue weighted by atomic mass is 32.2. The molecule has 4 aromatic heterocycles. The van der Waals surface area contributed by atoms with Gasteiger partial charge in [0, 0.05) is 81.9 Å².